The van der Waals surface area contributed by atoms with E-state index in [0.717, 1.165) is 21.1 Å². The second kappa shape index (κ2) is 8.92. The monoisotopic (exact) mass is 418 g/mol. The van der Waals surface area contributed by atoms with E-state index in [1.165, 1.54) is 4.90 Å². The molecule has 156 valence electrons. The summed E-state index contributed by atoms with van der Waals surface area (Å²) in [5, 5.41) is 0.973. The van der Waals surface area contributed by atoms with Crippen LogP contribution in [0.5, 0.6) is 5.75 Å². The van der Waals surface area contributed by atoms with E-state index in [-0.39, 0.29) is 12.5 Å². The average molecular weight is 419 g/mol. The van der Waals surface area contributed by atoms with E-state index >= 15 is 0 Å². The number of esters is 1. The summed E-state index contributed by atoms with van der Waals surface area (Å²) in [5.74, 6) is -0.168. The van der Waals surface area contributed by atoms with E-state index in [9.17, 15) is 9.59 Å². The van der Waals surface area contributed by atoms with Gasteiger partial charge in [0.1, 0.15) is 18.4 Å². The number of ether oxygens (including phenoxy) is 3. The van der Waals surface area contributed by atoms with Gasteiger partial charge in [-0.15, -0.1) is 11.3 Å². The lowest BCUT2D eigenvalue weighted by Crippen LogP contribution is -2.48. The molecule has 2 unspecified atom stereocenters. The van der Waals surface area contributed by atoms with Crippen molar-refractivity contribution in [3.63, 3.8) is 0 Å². The zero-order valence-electron chi connectivity index (χ0n) is 17.4. The van der Waals surface area contributed by atoms with Gasteiger partial charge >= 0.3 is 5.97 Å². The van der Waals surface area contributed by atoms with Crippen LogP contribution in [0.3, 0.4) is 0 Å². The second-order valence-electron chi connectivity index (χ2n) is 7.02. The summed E-state index contributed by atoms with van der Waals surface area (Å²) >= 11 is 1.62. The molecule has 0 saturated heterocycles. The summed E-state index contributed by atoms with van der Waals surface area (Å²) in [6.45, 7) is 7.71. The third-order valence-corrected chi connectivity index (χ3v) is 5.52. The number of aromatic nitrogens is 1. The van der Waals surface area contributed by atoms with Crippen LogP contribution in [0.15, 0.2) is 18.2 Å². The molecule has 0 fully saturated rings. The third-order valence-electron chi connectivity index (χ3n) is 4.63. The van der Waals surface area contributed by atoms with Gasteiger partial charge in [-0.2, -0.15) is 0 Å². The highest BCUT2D eigenvalue weighted by Gasteiger charge is 2.35. The van der Waals surface area contributed by atoms with Crippen LogP contribution in [0.1, 0.15) is 30.2 Å². The number of anilines is 1. The molecule has 2 heterocycles. The van der Waals surface area contributed by atoms with Gasteiger partial charge in [-0.25, -0.2) is 4.98 Å². The van der Waals surface area contributed by atoms with Gasteiger partial charge in [0.2, 0.25) is 0 Å². The number of fused-ring (bicyclic) bond motifs is 1. The van der Waals surface area contributed by atoms with Crippen molar-refractivity contribution in [1.82, 2.24) is 4.98 Å². The fraction of sp³-hybridized carbons (Fsp3) is 0.476. The smallest absolute Gasteiger partial charge is 0.326 e. The van der Waals surface area contributed by atoms with Crippen molar-refractivity contribution in [3.8, 4) is 17.0 Å². The maximum Gasteiger partial charge on any atom is 0.326 e. The maximum absolute atomic E-state index is 12.9. The SMILES string of the molecule is CCC1Oc2ccc(-c3nc(C)sc3C)cc2N(CC(=O)OC(C)COC)C1=O. The van der Waals surface area contributed by atoms with Gasteiger partial charge in [0.15, 0.2) is 6.10 Å². The normalized spacial score (nSPS) is 16.9. The Balaban J connectivity index is 1.93. The molecule has 1 aromatic heterocycles. The Bertz CT molecular complexity index is 910. The van der Waals surface area contributed by atoms with Crippen molar-refractivity contribution < 1.29 is 23.8 Å². The first-order valence-corrected chi connectivity index (χ1v) is 10.4. The topological polar surface area (TPSA) is 78.0 Å². The highest BCUT2D eigenvalue weighted by molar-refractivity contribution is 7.11. The Labute approximate surface area is 174 Å². The predicted octanol–water partition coefficient (Wildman–Crippen LogP) is 3.51. The molecule has 1 aliphatic heterocycles. The fourth-order valence-electron chi connectivity index (χ4n) is 3.35. The maximum atomic E-state index is 12.9. The number of hydrogen-bond donors (Lipinski definition) is 0. The van der Waals surface area contributed by atoms with Crippen LogP contribution in [0.25, 0.3) is 11.3 Å². The summed E-state index contributed by atoms with van der Waals surface area (Å²) in [5.41, 5.74) is 2.30. The van der Waals surface area contributed by atoms with E-state index in [2.05, 4.69) is 4.98 Å². The van der Waals surface area contributed by atoms with Gasteiger partial charge in [0.05, 0.1) is 23.0 Å². The number of methoxy groups -OCH3 is 1. The minimum atomic E-state index is -0.624. The molecule has 0 aliphatic carbocycles. The van der Waals surface area contributed by atoms with E-state index in [0.29, 0.717) is 24.5 Å². The van der Waals surface area contributed by atoms with Crippen LogP contribution in [0.4, 0.5) is 5.69 Å². The Morgan fingerprint density at radius 2 is 2.14 bits per heavy atom. The lowest BCUT2D eigenvalue weighted by atomic mass is 10.1. The summed E-state index contributed by atoms with van der Waals surface area (Å²) in [7, 11) is 1.54. The first-order valence-electron chi connectivity index (χ1n) is 9.58. The molecule has 3 rings (SSSR count). The largest absolute Gasteiger partial charge is 0.478 e. The number of nitrogens with zero attached hydrogens (tertiary/aromatic N) is 2. The molecule has 1 amide bonds. The number of carbonyl (C=O) groups is 2. The third kappa shape index (κ3) is 4.59. The molecular formula is C21H26N2O5S. The molecule has 2 aromatic rings. The molecule has 0 radical (unpaired) electrons. The lowest BCUT2D eigenvalue weighted by Gasteiger charge is -2.34. The lowest BCUT2D eigenvalue weighted by molar-refractivity contribution is -0.149. The number of amides is 1. The Morgan fingerprint density at radius 1 is 1.38 bits per heavy atom. The number of hydrogen-bond acceptors (Lipinski definition) is 7. The quantitative estimate of drug-likeness (QED) is 0.641. The number of thiazole rings is 1. The molecular weight excluding hydrogens is 392 g/mol. The summed E-state index contributed by atoms with van der Waals surface area (Å²) in [4.78, 5) is 32.5. The fourth-order valence-corrected chi connectivity index (χ4v) is 4.19. The predicted molar refractivity (Wildman–Crippen MR) is 112 cm³/mol. The van der Waals surface area contributed by atoms with Gasteiger partial charge < -0.3 is 14.2 Å². The molecule has 1 aliphatic rings. The van der Waals surface area contributed by atoms with Crippen LogP contribution >= 0.6 is 11.3 Å². The molecule has 8 heteroatoms. The second-order valence-corrected chi connectivity index (χ2v) is 8.42. The van der Waals surface area contributed by atoms with Crippen molar-refractivity contribution in [2.45, 2.75) is 46.3 Å². The van der Waals surface area contributed by atoms with Crippen molar-refractivity contribution in [1.29, 1.82) is 0 Å². The minimum Gasteiger partial charge on any atom is -0.478 e. The summed E-state index contributed by atoms with van der Waals surface area (Å²) in [6, 6.07) is 5.62. The van der Waals surface area contributed by atoms with E-state index in [4.69, 9.17) is 14.2 Å². The highest BCUT2D eigenvalue weighted by Crippen LogP contribution is 2.39. The van der Waals surface area contributed by atoms with Gasteiger partial charge in [-0.05, 0) is 45.4 Å². The number of rotatable bonds is 7. The number of benzene rings is 1. The zero-order chi connectivity index (χ0) is 21.1. The van der Waals surface area contributed by atoms with E-state index in [1.807, 2.05) is 39.0 Å². The van der Waals surface area contributed by atoms with Gasteiger partial charge in [-0.3, -0.25) is 14.5 Å². The van der Waals surface area contributed by atoms with Crippen LogP contribution in [-0.2, 0) is 19.1 Å². The highest BCUT2D eigenvalue weighted by atomic mass is 32.1. The van der Waals surface area contributed by atoms with Crippen molar-refractivity contribution in [2.75, 3.05) is 25.2 Å². The molecule has 29 heavy (non-hydrogen) atoms. The molecule has 1 aromatic carbocycles. The first kappa shape index (κ1) is 21.3. The number of carbonyl (C=O) groups excluding carboxylic acids is 2. The van der Waals surface area contributed by atoms with Gasteiger partial charge in [0.25, 0.3) is 5.91 Å². The molecule has 7 nitrogen and oxygen atoms in total. The van der Waals surface area contributed by atoms with Crippen LogP contribution in [0.2, 0.25) is 0 Å². The van der Waals surface area contributed by atoms with Gasteiger partial charge in [0, 0.05) is 17.6 Å². The summed E-state index contributed by atoms with van der Waals surface area (Å²) < 4.78 is 16.2. The van der Waals surface area contributed by atoms with Crippen LogP contribution < -0.4 is 9.64 Å². The standard InChI is InChI=1S/C21H26N2O5S/c1-6-17-21(25)23(10-19(24)27-12(2)11-26-5)16-9-15(7-8-18(16)28-17)20-13(3)29-14(4)22-20/h7-9,12,17H,6,10-11H2,1-5H3. The Hall–Kier alpha value is -2.45. The molecule has 0 bridgehead atoms. The molecule has 0 spiro atoms. The van der Waals surface area contributed by atoms with Crippen molar-refractivity contribution in [2.24, 2.45) is 0 Å². The summed E-state index contributed by atoms with van der Waals surface area (Å²) in [6.07, 6.45) is -0.506. The minimum absolute atomic E-state index is 0.182. The van der Waals surface area contributed by atoms with Crippen molar-refractivity contribution >= 4 is 28.9 Å². The van der Waals surface area contributed by atoms with Crippen LogP contribution in [0, 0.1) is 13.8 Å². The van der Waals surface area contributed by atoms with Crippen LogP contribution in [-0.4, -0.2) is 49.3 Å². The Morgan fingerprint density at radius 3 is 2.76 bits per heavy atom. The van der Waals surface area contributed by atoms with E-state index in [1.54, 1.807) is 25.4 Å². The Kier molecular flexibility index (Phi) is 6.54. The first-order chi connectivity index (χ1) is 13.8. The average Bonchev–Trinajstić information content (AvgIpc) is 3.01. The van der Waals surface area contributed by atoms with E-state index < -0.39 is 18.2 Å². The number of aryl methyl sites for hydroxylation is 2. The molecule has 0 N–H and O–H groups in total. The van der Waals surface area contributed by atoms with Crippen molar-refractivity contribution in [3.05, 3.63) is 28.1 Å². The molecule has 2 atom stereocenters. The zero-order valence-corrected chi connectivity index (χ0v) is 18.2. The molecule has 0 saturated carbocycles. The van der Waals surface area contributed by atoms with Gasteiger partial charge in [-0.1, -0.05) is 6.92 Å².